The maximum absolute atomic E-state index is 15.2. The zero-order valence-electron chi connectivity index (χ0n) is 27.2. The van der Waals surface area contributed by atoms with E-state index in [1.165, 1.54) is 11.6 Å². The molecule has 2 amide bonds. The third-order valence-corrected chi connectivity index (χ3v) is 9.01. The van der Waals surface area contributed by atoms with E-state index in [1.54, 1.807) is 10.9 Å². The molecule has 3 aromatic carbocycles. The van der Waals surface area contributed by atoms with Gasteiger partial charge in [-0.05, 0) is 92.5 Å². The van der Waals surface area contributed by atoms with Crippen molar-refractivity contribution in [2.75, 3.05) is 24.6 Å². The third-order valence-electron chi connectivity index (χ3n) is 8.67. The van der Waals surface area contributed by atoms with Crippen molar-refractivity contribution in [2.24, 2.45) is 0 Å². The lowest BCUT2D eigenvalue weighted by molar-refractivity contribution is -0.137. The fraction of sp³-hybridized carbons (Fsp3) is 0.351. The average molecular weight is 675 g/mol. The van der Waals surface area contributed by atoms with Crippen LogP contribution < -0.4 is 15.0 Å². The van der Waals surface area contributed by atoms with Gasteiger partial charge in [0.25, 0.3) is 5.91 Å². The number of rotatable bonds is 14. The van der Waals surface area contributed by atoms with Gasteiger partial charge in [-0.1, -0.05) is 35.9 Å². The lowest BCUT2D eigenvalue weighted by Gasteiger charge is -2.31. The van der Waals surface area contributed by atoms with Crippen LogP contribution in [0.5, 0.6) is 5.75 Å². The van der Waals surface area contributed by atoms with Crippen LogP contribution in [0.2, 0.25) is 5.02 Å². The number of ether oxygens (including phenoxy) is 1. The minimum atomic E-state index is -0.890. The Hall–Kier alpha value is -4.70. The number of unbranched alkanes of at least 4 members (excludes halogenated alkanes) is 1. The van der Waals surface area contributed by atoms with Crippen LogP contribution >= 0.6 is 11.6 Å². The van der Waals surface area contributed by atoms with Gasteiger partial charge in [-0.2, -0.15) is 5.10 Å². The highest BCUT2D eigenvalue weighted by Gasteiger charge is 2.25. The number of carbonyl (C=O) groups is 3. The Balaban J connectivity index is 1.21. The summed E-state index contributed by atoms with van der Waals surface area (Å²) in [7, 11) is 0. The van der Waals surface area contributed by atoms with Gasteiger partial charge in [-0.15, -0.1) is 0 Å². The topological polar surface area (TPSA) is 114 Å². The molecule has 11 heteroatoms. The molecule has 9 nitrogen and oxygen atoms in total. The fourth-order valence-corrected chi connectivity index (χ4v) is 6.18. The Morgan fingerprint density at radius 1 is 1.06 bits per heavy atom. The van der Waals surface area contributed by atoms with Crippen molar-refractivity contribution in [3.8, 4) is 16.9 Å². The van der Waals surface area contributed by atoms with Crippen molar-refractivity contribution >= 4 is 35.1 Å². The van der Waals surface area contributed by atoms with Gasteiger partial charge in [0.15, 0.2) is 0 Å². The highest BCUT2D eigenvalue weighted by atomic mass is 35.5. The molecule has 5 rings (SSSR count). The zero-order chi connectivity index (χ0) is 34.2. The summed E-state index contributed by atoms with van der Waals surface area (Å²) in [4.78, 5) is 38.3. The molecular formula is C37H40ClFN4O5. The fourth-order valence-electron chi connectivity index (χ4n) is 5.92. The Bertz CT molecular complexity index is 1780. The van der Waals surface area contributed by atoms with E-state index in [9.17, 15) is 14.4 Å². The summed E-state index contributed by atoms with van der Waals surface area (Å²) in [5.41, 5.74) is 6.37. The summed E-state index contributed by atoms with van der Waals surface area (Å²) in [6, 6.07) is 14.5. The molecule has 4 aromatic rings. The van der Waals surface area contributed by atoms with Crippen LogP contribution in [-0.2, 0) is 22.6 Å². The second-order valence-electron chi connectivity index (χ2n) is 12.1. The number of anilines is 1. The zero-order valence-corrected chi connectivity index (χ0v) is 28.0. The lowest BCUT2D eigenvalue weighted by Crippen LogP contribution is -2.35. The van der Waals surface area contributed by atoms with Crippen molar-refractivity contribution in [2.45, 2.75) is 65.3 Å². The number of halogens is 2. The van der Waals surface area contributed by atoms with Crippen LogP contribution in [0.25, 0.3) is 11.1 Å². The molecule has 0 bridgehead atoms. The number of aromatic nitrogens is 2. The van der Waals surface area contributed by atoms with Crippen LogP contribution in [0.3, 0.4) is 0 Å². The molecule has 0 fully saturated rings. The van der Waals surface area contributed by atoms with Gasteiger partial charge < -0.3 is 20.1 Å². The van der Waals surface area contributed by atoms with Crippen molar-refractivity contribution in [1.82, 2.24) is 15.1 Å². The molecule has 1 aromatic heterocycles. The minimum absolute atomic E-state index is 0.0245. The van der Waals surface area contributed by atoms with Gasteiger partial charge in [-0.3, -0.25) is 19.1 Å². The molecule has 2 heterocycles. The summed E-state index contributed by atoms with van der Waals surface area (Å²) < 4.78 is 22.7. The first-order valence-corrected chi connectivity index (χ1v) is 16.6. The van der Waals surface area contributed by atoms with E-state index in [0.717, 1.165) is 52.6 Å². The third kappa shape index (κ3) is 8.41. The van der Waals surface area contributed by atoms with E-state index >= 15 is 4.39 Å². The molecule has 0 aliphatic carbocycles. The molecule has 0 unspecified atom stereocenters. The summed E-state index contributed by atoms with van der Waals surface area (Å²) in [5.74, 6) is -1.08. The SMILES string of the molecule is Cc1cccc(OCCCC(=O)N2CCCc3c(-c4cnn(Cc5c(F)cc(C(=O)NCCCCC(=O)O)cc5Cl)c4)cccc32)c1C. The number of carboxylic acid groups (broad SMARTS) is 1. The predicted octanol–water partition coefficient (Wildman–Crippen LogP) is 7.13. The standard InChI is InChI=1S/C37H40ClFN4O5/c1-24-9-5-13-34(25(24)2)48-18-8-14-35(44)43-17-7-11-29-28(10-6-12-33(29)43)27-21-41-42(22-27)23-30-31(38)19-26(20-32(30)39)37(47)40-16-4-3-15-36(45)46/h5-6,9-10,12-13,19-22H,3-4,7-8,11,14-18,23H2,1-2H3,(H,40,47)(H,45,46). The number of nitrogens with zero attached hydrogens (tertiary/aromatic N) is 3. The van der Waals surface area contributed by atoms with Crippen molar-refractivity contribution in [3.05, 3.63) is 99.6 Å². The number of aliphatic carboxylic acids is 1. The summed E-state index contributed by atoms with van der Waals surface area (Å²) in [5, 5.41) is 16.0. The minimum Gasteiger partial charge on any atom is -0.493 e. The van der Waals surface area contributed by atoms with Gasteiger partial charge >= 0.3 is 5.97 Å². The van der Waals surface area contributed by atoms with E-state index in [-0.39, 0.29) is 41.6 Å². The van der Waals surface area contributed by atoms with Crippen molar-refractivity contribution in [3.63, 3.8) is 0 Å². The lowest BCUT2D eigenvalue weighted by atomic mass is 9.93. The van der Waals surface area contributed by atoms with E-state index in [0.29, 0.717) is 38.8 Å². The molecule has 0 saturated carbocycles. The molecule has 0 saturated heterocycles. The number of fused-ring (bicyclic) bond motifs is 1. The maximum Gasteiger partial charge on any atom is 0.303 e. The average Bonchev–Trinajstić information content (AvgIpc) is 3.54. The quantitative estimate of drug-likeness (QED) is 0.138. The summed E-state index contributed by atoms with van der Waals surface area (Å²) in [6.07, 6.45) is 7.16. The van der Waals surface area contributed by atoms with Gasteiger partial charge in [0.05, 0.1) is 19.3 Å². The molecule has 48 heavy (non-hydrogen) atoms. The second kappa shape index (κ2) is 15.9. The second-order valence-corrected chi connectivity index (χ2v) is 12.5. The van der Waals surface area contributed by atoms with Crippen molar-refractivity contribution < 1.29 is 28.6 Å². The highest BCUT2D eigenvalue weighted by molar-refractivity contribution is 6.31. The Morgan fingerprint density at radius 2 is 1.88 bits per heavy atom. The molecule has 0 radical (unpaired) electrons. The number of hydrogen-bond donors (Lipinski definition) is 2. The Kier molecular flexibility index (Phi) is 11.5. The maximum atomic E-state index is 15.2. The number of nitrogens with one attached hydrogen (secondary N) is 1. The van der Waals surface area contributed by atoms with Gasteiger partial charge in [0.2, 0.25) is 5.91 Å². The van der Waals surface area contributed by atoms with Gasteiger partial charge in [-0.25, -0.2) is 4.39 Å². The molecule has 2 N–H and O–H groups in total. The van der Waals surface area contributed by atoms with Crippen molar-refractivity contribution in [1.29, 1.82) is 0 Å². The monoisotopic (exact) mass is 674 g/mol. The van der Waals surface area contributed by atoms with Crippen LogP contribution in [0, 0.1) is 19.7 Å². The molecule has 0 spiro atoms. The Morgan fingerprint density at radius 3 is 2.67 bits per heavy atom. The van der Waals surface area contributed by atoms with Gasteiger partial charge in [0, 0.05) is 59.5 Å². The van der Waals surface area contributed by atoms with E-state index in [2.05, 4.69) is 23.4 Å². The van der Waals surface area contributed by atoms with Crippen LogP contribution in [0.4, 0.5) is 10.1 Å². The molecule has 252 valence electrons. The number of carbonyl (C=O) groups excluding carboxylic acids is 2. The largest absolute Gasteiger partial charge is 0.493 e. The number of carboxylic acids is 1. The first-order valence-electron chi connectivity index (χ1n) is 16.2. The number of hydrogen-bond acceptors (Lipinski definition) is 5. The summed E-state index contributed by atoms with van der Waals surface area (Å²) >= 11 is 6.43. The smallest absolute Gasteiger partial charge is 0.303 e. The molecular weight excluding hydrogens is 635 g/mol. The van der Waals surface area contributed by atoms with Crippen LogP contribution in [0.15, 0.2) is 60.9 Å². The van der Waals surface area contributed by atoms with Crippen LogP contribution in [0.1, 0.15) is 71.1 Å². The molecule has 0 atom stereocenters. The first kappa shape index (κ1) is 34.6. The number of aryl methyl sites for hydroxylation is 1. The number of amides is 2. The number of benzene rings is 3. The van der Waals surface area contributed by atoms with Gasteiger partial charge in [0.1, 0.15) is 11.6 Å². The highest BCUT2D eigenvalue weighted by Crippen LogP contribution is 2.36. The summed E-state index contributed by atoms with van der Waals surface area (Å²) in [6.45, 7) is 5.55. The molecule has 1 aliphatic heterocycles. The van der Waals surface area contributed by atoms with E-state index < -0.39 is 17.7 Å². The first-order chi connectivity index (χ1) is 23.1. The van der Waals surface area contributed by atoms with Crippen LogP contribution in [-0.4, -0.2) is 52.4 Å². The van der Waals surface area contributed by atoms with E-state index in [4.69, 9.17) is 21.4 Å². The normalized spacial score (nSPS) is 12.5. The Labute approximate surface area is 284 Å². The predicted molar refractivity (Wildman–Crippen MR) is 183 cm³/mol. The molecule has 1 aliphatic rings. The van der Waals surface area contributed by atoms with E-state index in [1.807, 2.05) is 48.4 Å².